The van der Waals surface area contributed by atoms with E-state index in [0.717, 1.165) is 24.7 Å². The minimum Gasteiger partial charge on any atom is -0.396 e. The Morgan fingerprint density at radius 2 is 1.75 bits per heavy atom. The second kappa shape index (κ2) is 4.83. The van der Waals surface area contributed by atoms with Crippen LogP contribution in [0.5, 0.6) is 0 Å². The normalized spacial score (nSPS) is 31.2. The van der Waals surface area contributed by atoms with Gasteiger partial charge in [0.2, 0.25) is 0 Å². The molecule has 0 bridgehead atoms. The molecule has 0 amide bonds. The van der Waals surface area contributed by atoms with Crippen molar-refractivity contribution >= 4 is 0 Å². The summed E-state index contributed by atoms with van der Waals surface area (Å²) in [6.07, 6.45) is 2.11. The van der Waals surface area contributed by atoms with E-state index < -0.39 is 0 Å². The highest BCUT2D eigenvalue weighted by molar-refractivity contribution is 4.77. The molecule has 1 fully saturated rings. The lowest BCUT2D eigenvalue weighted by Crippen LogP contribution is -2.22. The molecular weight excluding hydrogens is 150 g/mol. The standard InChI is InChI=1S/C10H21NO/c1-9-7-11(8-10(9)2)5-3-4-6-12/h9-10,12H,3-8H2,1-2H3. The summed E-state index contributed by atoms with van der Waals surface area (Å²) < 4.78 is 0. The van der Waals surface area contributed by atoms with Gasteiger partial charge in [0.05, 0.1) is 0 Å². The maximum absolute atomic E-state index is 8.63. The van der Waals surface area contributed by atoms with Crippen molar-refractivity contribution in [2.24, 2.45) is 11.8 Å². The van der Waals surface area contributed by atoms with E-state index in [4.69, 9.17) is 5.11 Å². The van der Waals surface area contributed by atoms with Crippen LogP contribution in [0.15, 0.2) is 0 Å². The average molecular weight is 171 g/mol. The molecular formula is C10H21NO. The summed E-state index contributed by atoms with van der Waals surface area (Å²) in [6.45, 7) is 8.70. The summed E-state index contributed by atoms with van der Waals surface area (Å²) in [5.41, 5.74) is 0. The molecule has 0 saturated carbocycles. The van der Waals surface area contributed by atoms with Crippen molar-refractivity contribution in [2.75, 3.05) is 26.2 Å². The molecule has 0 aromatic carbocycles. The van der Waals surface area contributed by atoms with Gasteiger partial charge in [-0.2, -0.15) is 0 Å². The van der Waals surface area contributed by atoms with Gasteiger partial charge in [-0.05, 0) is 31.2 Å². The maximum Gasteiger partial charge on any atom is 0.0431 e. The molecule has 0 aliphatic carbocycles. The van der Waals surface area contributed by atoms with Crippen molar-refractivity contribution in [2.45, 2.75) is 26.7 Å². The largest absolute Gasteiger partial charge is 0.396 e. The van der Waals surface area contributed by atoms with Gasteiger partial charge in [0, 0.05) is 19.7 Å². The van der Waals surface area contributed by atoms with E-state index in [-0.39, 0.29) is 0 Å². The first-order valence-electron chi connectivity index (χ1n) is 5.07. The van der Waals surface area contributed by atoms with Crippen molar-refractivity contribution in [1.82, 2.24) is 4.90 Å². The quantitative estimate of drug-likeness (QED) is 0.645. The number of likely N-dealkylation sites (tertiary alicyclic amines) is 1. The summed E-state index contributed by atoms with van der Waals surface area (Å²) in [5, 5.41) is 8.63. The van der Waals surface area contributed by atoms with E-state index in [1.54, 1.807) is 0 Å². The van der Waals surface area contributed by atoms with Gasteiger partial charge in [-0.15, -0.1) is 0 Å². The highest BCUT2D eigenvalue weighted by Crippen LogP contribution is 2.21. The Kier molecular flexibility index (Phi) is 4.02. The van der Waals surface area contributed by atoms with Crippen molar-refractivity contribution in [3.8, 4) is 0 Å². The SMILES string of the molecule is CC1CN(CCCCO)CC1C. The van der Waals surface area contributed by atoms with Crippen LogP contribution < -0.4 is 0 Å². The first-order valence-corrected chi connectivity index (χ1v) is 5.07. The molecule has 1 heterocycles. The third kappa shape index (κ3) is 2.76. The van der Waals surface area contributed by atoms with Crippen LogP contribution in [0.2, 0.25) is 0 Å². The van der Waals surface area contributed by atoms with Gasteiger partial charge in [-0.25, -0.2) is 0 Å². The van der Waals surface area contributed by atoms with Crippen LogP contribution in [0, 0.1) is 11.8 Å². The van der Waals surface area contributed by atoms with Gasteiger partial charge in [0.25, 0.3) is 0 Å². The minimum atomic E-state index is 0.346. The molecule has 1 N–H and O–H groups in total. The smallest absolute Gasteiger partial charge is 0.0431 e. The summed E-state index contributed by atoms with van der Waals surface area (Å²) in [6, 6.07) is 0. The fourth-order valence-electron chi connectivity index (χ4n) is 1.88. The highest BCUT2D eigenvalue weighted by atomic mass is 16.2. The summed E-state index contributed by atoms with van der Waals surface area (Å²) in [7, 11) is 0. The molecule has 2 atom stereocenters. The number of rotatable bonds is 4. The Bertz CT molecular complexity index is 117. The van der Waals surface area contributed by atoms with E-state index in [2.05, 4.69) is 18.7 Å². The van der Waals surface area contributed by atoms with Gasteiger partial charge in [-0.3, -0.25) is 0 Å². The maximum atomic E-state index is 8.63. The van der Waals surface area contributed by atoms with Crippen LogP contribution in [-0.2, 0) is 0 Å². The molecule has 1 saturated heterocycles. The second-order valence-electron chi connectivity index (χ2n) is 4.14. The first kappa shape index (κ1) is 10.0. The van der Waals surface area contributed by atoms with E-state index in [0.29, 0.717) is 6.61 Å². The van der Waals surface area contributed by atoms with Crippen LogP contribution in [0.4, 0.5) is 0 Å². The summed E-state index contributed by atoms with van der Waals surface area (Å²) in [4.78, 5) is 2.52. The van der Waals surface area contributed by atoms with Crippen LogP contribution in [0.1, 0.15) is 26.7 Å². The predicted octanol–water partition coefficient (Wildman–Crippen LogP) is 1.35. The molecule has 72 valence electrons. The zero-order valence-corrected chi connectivity index (χ0v) is 8.29. The number of aliphatic hydroxyl groups is 1. The Hall–Kier alpha value is -0.0800. The molecule has 1 rings (SSSR count). The molecule has 0 aromatic heterocycles. The number of unbranched alkanes of at least 4 members (excludes halogenated alkanes) is 1. The lowest BCUT2D eigenvalue weighted by atomic mass is 10.0. The average Bonchev–Trinajstić information content (AvgIpc) is 2.32. The Balaban J connectivity index is 2.10. The fourth-order valence-corrected chi connectivity index (χ4v) is 1.88. The number of hydrogen-bond acceptors (Lipinski definition) is 2. The van der Waals surface area contributed by atoms with E-state index in [1.807, 2.05) is 0 Å². The monoisotopic (exact) mass is 171 g/mol. The fraction of sp³-hybridized carbons (Fsp3) is 1.00. The zero-order chi connectivity index (χ0) is 8.97. The third-order valence-electron chi connectivity index (χ3n) is 2.95. The van der Waals surface area contributed by atoms with Crippen molar-refractivity contribution in [1.29, 1.82) is 0 Å². The summed E-state index contributed by atoms with van der Waals surface area (Å²) >= 11 is 0. The van der Waals surface area contributed by atoms with Gasteiger partial charge >= 0.3 is 0 Å². The van der Waals surface area contributed by atoms with Crippen LogP contribution in [-0.4, -0.2) is 36.2 Å². The van der Waals surface area contributed by atoms with Crippen LogP contribution >= 0.6 is 0 Å². The summed E-state index contributed by atoms with van der Waals surface area (Å²) in [5.74, 6) is 1.72. The Labute approximate surface area is 75.6 Å². The Morgan fingerprint density at radius 3 is 2.25 bits per heavy atom. The molecule has 0 spiro atoms. The molecule has 1 aliphatic rings. The topological polar surface area (TPSA) is 23.5 Å². The van der Waals surface area contributed by atoms with Gasteiger partial charge in [0.1, 0.15) is 0 Å². The Morgan fingerprint density at radius 1 is 1.17 bits per heavy atom. The molecule has 12 heavy (non-hydrogen) atoms. The zero-order valence-electron chi connectivity index (χ0n) is 8.29. The number of hydrogen-bond donors (Lipinski definition) is 1. The van der Waals surface area contributed by atoms with Gasteiger partial charge in [0.15, 0.2) is 0 Å². The van der Waals surface area contributed by atoms with E-state index >= 15 is 0 Å². The van der Waals surface area contributed by atoms with Crippen molar-refractivity contribution < 1.29 is 5.11 Å². The molecule has 2 heteroatoms. The number of nitrogens with zero attached hydrogens (tertiary/aromatic N) is 1. The second-order valence-corrected chi connectivity index (χ2v) is 4.14. The lowest BCUT2D eigenvalue weighted by molar-refractivity contribution is 0.260. The number of aliphatic hydroxyl groups excluding tert-OH is 1. The highest BCUT2D eigenvalue weighted by Gasteiger charge is 2.24. The predicted molar refractivity (Wildman–Crippen MR) is 51.1 cm³/mol. The van der Waals surface area contributed by atoms with Crippen molar-refractivity contribution in [3.05, 3.63) is 0 Å². The lowest BCUT2D eigenvalue weighted by Gasteiger charge is -2.14. The van der Waals surface area contributed by atoms with Crippen LogP contribution in [0.3, 0.4) is 0 Å². The molecule has 1 aliphatic heterocycles. The van der Waals surface area contributed by atoms with Gasteiger partial charge in [-0.1, -0.05) is 13.8 Å². The first-order chi connectivity index (χ1) is 5.74. The third-order valence-corrected chi connectivity index (χ3v) is 2.95. The molecule has 0 radical (unpaired) electrons. The van der Waals surface area contributed by atoms with Crippen molar-refractivity contribution in [3.63, 3.8) is 0 Å². The van der Waals surface area contributed by atoms with E-state index in [9.17, 15) is 0 Å². The van der Waals surface area contributed by atoms with E-state index in [1.165, 1.54) is 19.6 Å². The van der Waals surface area contributed by atoms with Crippen LogP contribution in [0.25, 0.3) is 0 Å². The molecule has 2 unspecified atom stereocenters. The van der Waals surface area contributed by atoms with Gasteiger partial charge < -0.3 is 10.0 Å². The molecule has 0 aromatic rings. The molecule has 2 nitrogen and oxygen atoms in total. The minimum absolute atomic E-state index is 0.346.